The summed E-state index contributed by atoms with van der Waals surface area (Å²) >= 11 is 0. The van der Waals surface area contributed by atoms with Crippen molar-refractivity contribution < 1.29 is 38.0 Å². The molecule has 0 saturated carbocycles. The summed E-state index contributed by atoms with van der Waals surface area (Å²) in [5, 5.41) is 17.7. The number of carbonyl (C=O) groups excluding carboxylic acids is 1. The van der Waals surface area contributed by atoms with Crippen LogP contribution in [0.1, 0.15) is 12.8 Å². The molecule has 24 heavy (non-hydrogen) atoms. The first kappa shape index (κ1) is 22.4. The Labute approximate surface area is 150 Å². The summed E-state index contributed by atoms with van der Waals surface area (Å²) in [5.74, 6) is 0.761. The van der Waals surface area contributed by atoms with Crippen LogP contribution in [0.5, 0.6) is 0 Å². The van der Waals surface area contributed by atoms with Crippen LogP contribution in [-0.2, 0) is 18.4 Å². The zero-order chi connectivity index (χ0) is 18.4. The van der Waals surface area contributed by atoms with E-state index in [1.54, 1.807) is 10.8 Å². The minimum Gasteiger partial charge on any atom is -0.394 e. The number of aliphatic hydroxyl groups excluding tert-OH is 2. The molecule has 0 aromatic carbocycles. The molecule has 1 heterocycles. The van der Waals surface area contributed by atoms with Crippen molar-refractivity contribution in [3.8, 4) is 0 Å². The van der Waals surface area contributed by atoms with Crippen molar-refractivity contribution in [1.82, 2.24) is 0 Å². The van der Waals surface area contributed by atoms with Crippen LogP contribution in [0.4, 0.5) is 0 Å². The van der Waals surface area contributed by atoms with E-state index in [0.717, 1.165) is 12.2 Å². The molecule has 0 spiro atoms. The van der Waals surface area contributed by atoms with Crippen LogP contribution in [0.3, 0.4) is 0 Å². The number of ketones is 1. The number of likely N-dealkylation sites (N-methyl/N-ethyl adjacent to an activating group) is 1. The predicted octanol–water partition coefficient (Wildman–Crippen LogP) is 0.661. The number of hydrogen-bond donors (Lipinski definition) is 3. The van der Waals surface area contributed by atoms with Gasteiger partial charge in [0.2, 0.25) is 0 Å². The van der Waals surface area contributed by atoms with Gasteiger partial charge in [-0.1, -0.05) is 21.6 Å². The first-order valence-corrected chi connectivity index (χ1v) is 11.5. The molecule has 8 nitrogen and oxygen atoms in total. The smallest absolute Gasteiger partial charge is 0.394 e. The van der Waals surface area contributed by atoms with E-state index >= 15 is 0 Å². The van der Waals surface area contributed by atoms with Crippen LogP contribution < -0.4 is 0 Å². The lowest BCUT2D eigenvalue weighted by Crippen LogP contribution is -2.47. The van der Waals surface area contributed by atoms with E-state index in [1.807, 2.05) is 21.1 Å². The Hall–Kier alpha value is 0.360. The van der Waals surface area contributed by atoms with E-state index in [-0.39, 0.29) is 17.6 Å². The maximum absolute atomic E-state index is 12.7. The van der Waals surface area contributed by atoms with Gasteiger partial charge in [0.1, 0.15) is 12.6 Å². The van der Waals surface area contributed by atoms with Crippen LogP contribution >= 0.6 is 29.4 Å². The lowest BCUT2D eigenvalue weighted by molar-refractivity contribution is -0.872. The minimum atomic E-state index is -4.52. The monoisotopic (exact) mass is 404 g/mol. The first-order chi connectivity index (χ1) is 11.0. The molecule has 0 radical (unpaired) electrons. The number of aliphatic hydroxyl groups is 2. The van der Waals surface area contributed by atoms with E-state index < -0.39 is 33.2 Å². The molecule has 1 rings (SSSR count). The van der Waals surface area contributed by atoms with Gasteiger partial charge in [0.15, 0.2) is 11.9 Å². The average molecular weight is 404 g/mol. The summed E-state index contributed by atoms with van der Waals surface area (Å²) in [4.78, 5) is 22.5. The second-order valence-electron chi connectivity index (χ2n) is 6.62. The van der Waals surface area contributed by atoms with Crippen molar-refractivity contribution in [2.75, 3.05) is 46.7 Å². The minimum absolute atomic E-state index is 0.219. The Morgan fingerprint density at radius 3 is 2.58 bits per heavy atom. The number of hydrogen-bond acceptors (Lipinski definition) is 8. The fourth-order valence-electron chi connectivity index (χ4n) is 2.00. The third-order valence-corrected chi connectivity index (χ3v) is 7.02. The highest BCUT2D eigenvalue weighted by atomic mass is 33.1. The van der Waals surface area contributed by atoms with E-state index in [0.29, 0.717) is 10.9 Å². The molecular formula is C13H27NO7PS2+. The lowest BCUT2D eigenvalue weighted by Gasteiger charge is -2.31. The molecule has 11 heteroatoms. The van der Waals surface area contributed by atoms with Gasteiger partial charge in [0, 0.05) is 5.75 Å². The fraction of sp³-hybridized carbons (Fsp3) is 0.923. The van der Waals surface area contributed by atoms with Crippen molar-refractivity contribution in [2.24, 2.45) is 0 Å². The molecule has 0 aromatic rings. The maximum atomic E-state index is 12.7. The highest BCUT2D eigenvalue weighted by Crippen LogP contribution is 2.46. The van der Waals surface area contributed by atoms with Gasteiger partial charge in [-0.2, -0.15) is 0 Å². The normalized spacial score (nSPS) is 24.2. The number of phosphoric ester groups is 1. The lowest BCUT2D eigenvalue weighted by atomic mass is 10.1. The van der Waals surface area contributed by atoms with Crippen molar-refractivity contribution in [1.29, 1.82) is 0 Å². The number of quaternary nitrogens is 1. The number of Topliss-reactive ketones (excluding diaryl/α,β-unsaturated/α-hetero) is 1. The van der Waals surface area contributed by atoms with Crippen LogP contribution in [0.25, 0.3) is 0 Å². The zero-order valence-electron chi connectivity index (χ0n) is 14.2. The van der Waals surface area contributed by atoms with Crippen LogP contribution in [0.15, 0.2) is 0 Å². The number of phosphoric acid groups is 1. The largest absolute Gasteiger partial charge is 0.473 e. The molecule has 1 fully saturated rings. The molecule has 3 unspecified atom stereocenters. The van der Waals surface area contributed by atoms with E-state index in [4.69, 9.17) is 9.63 Å². The van der Waals surface area contributed by atoms with Gasteiger partial charge < -0.3 is 19.6 Å². The quantitative estimate of drug-likeness (QED) is 0.274. The molecule has 0 aliphatic carbocycles. The average Bonchev–Trinajstić information content (AvgIpc) is 2.50. The Morgan fingerprint density at radius 1 is 1.42 bits per heavy atom. The predicted molar refractivity (Wildman–Crippen MR) is 94.7 cm³/mol. The van der Waals surface area contributed by atoms with Gasteiger partial charge in [-0.3, -0.25) is 13.8 Å². The van der Waals surface area contributed by atoms with Gasteiger partial charge >= 0.3 is 7.82 Å². The van der Waals surface area contributed by atoms with Crippen molar-refractivity contribution in [3.05, 3.63) is 0 Å². The standard InChI is InChI=1S/C13H26NO7PS2/c1-14(2,3)7-11(13(17)12-5-4-6-23-24-12)21-22(18,19)20-9-10(16)8-15/h10-12,15-16H,4-9H2,1-3H3/p+1/t10-,11?,12?/m1/s1. The molecule has 1 aliphatic heterocycles. The van der Waals surface area contributed by atoms with Gasteiger partial charge in [-0.15, -0.1) is 0 Å². The highest BCUT2D eigenvalue weighted by Gasteiger charge is 2.39. The van der Waals surface area contributed by atoms with Gasteiger partial charge in [-0.25, -0.2) is 4.57 Å². The van der Waals surface area contributed by atoms with Gasteiger partial charge in [0.25, 0.3) is 0 Å². The van der Waals surface area contributed by atoms with Gasteiger partial charge in [-0.05, 0) is 12.8 Å². The summed E-state index contributed by atoms with van der Waals surface area (Å²) in [5.41, 5.74) is 0. The van der Waals surface area contributed by atoms with Crippen molar-refractivity contribution in [3.63, 3.8) is 0 Å². The second-order valence-corrected chi connectivity index (χ2v) is 10.7. The third kappa shape index (κ3) is 8.64. The zero-order valence-corrected chi connectivity index (χ0v) is 16.7. The summed E-state index contributed by atoms with van der Waals surface area (Å²) in [6.45, 7) is -0.933. The summed E-state index contributed by atoms with van der Waals surface area (Å²) in [7, 11) is 4.11. The van der Waals surface area contributed by atoms with Gasteiger partial charge in [0.05, 0.1) is 39.6 Å². The third-order valence-electron chi connectivity index (χ3n) is 3.13. The van der Waals surface area contributed by atoms with Crippen LogP contribution in [-0.4, -0.2) is 89.5 Å². The van der Waals surface area contributed by atoms with Crippen molar-refractivity contribution in [2.45, 2.75) is 30.3 Å². The molecule has 0 bridgehead atoms. The first-order valence-electron chi connectivity index (χ1n) is 7.61. The maximum Gasteiger partial charge on any atom is 0.473 e. The Balaban J connectivity index is 2.77. The topological polar surface area (TPSA) is 113 Å². The van der Waals surface area contributed by atoms with Crippen LogP contribution in [0.2, 0.25) is 0 Å². The van der Waals surface area contributed by atoms with E-state index in [9.17, 15) is 19.4 Å². The SMILES string of the molecule is C[N+](C)(C)CC(OP(=O)(O)OC[C@H](O)CO)C(=O)C1CCCSS1. The summed E-state index contributed by atoms with van der Waals surface area (Å²) in [6.07, 6.45) is -0.732. The summed E-state index contributed by atoms with van der Waals surface area (Å²) in [6, 6.07) is 0. The van der Waals surface area contributed by atoms with E-state index in [1.165, 1.54) is 10.8 Å². The number of rotatable bonds is 10. The van der Waals surface area contributed by atoms with E-state index in [2.05, 4.69) is 4.52 Å². The Kier molecular flexibility index (Phi) is 9.23. The molecule has 4 atom stereocenters. The molecule has 3 N–H and O–H groups in total. The summed E-state index contributed by atoms with van der Waals surface area (Å²) < 4.78 is 22.2. The molecule has 142 valence electrons. The van der Waals surface area contributed by atoms with Crippen molar-refractivity contribution >= 4 is 35.2 Å². The highest BCUT2D eigenvalue weighted by molar-refractivity contribution is 8.77. The second kappa shape index (κ2) is 9.89. The molecular weight excluding hydrogens is 377 g/mol. The molecule has 0 aromatic heterocycles. The Morgan fingerprint density at radius 2 is 2.08 bits per heavy atom. The number of nitrogens with zero attached hydrogens (tertiary/aromatic N) is 1. The molecule has 1 saturated heterocycles. The number of carbonyl (C=O) groups is 1. The Bertz CT molecular complexity index is 454. The molecule has 1 aliphatic rings. The molecule has 0 amide bonds. The van der Waals surface area contributed by atoms with Crippen LogP contribution in [0, 0.1) is 0 Å². The fourth-order valence-corrected chi connectivity index (χ4v) is 5.68.